The van der Waals surface area contributed by atoms with E-state index in [1.807, 2.05) is 72.2 Å². The van der Waals surface area contributed by atoms with Crippen molar-refractivity contribution in [2.45, 2.75) is 46.1 Å². The fraction of sp³-hybridized carbons (Fsp3) is 0.415. The van der Waals surface area contributed by atoms with E-state index in [0.717, 1.165) is 85.6 Å². The van der Waals surface area contributed by atoms with E-state index in [0.29, 0.717) is 36.1 Å². The fourth-order valence-electron chi connectivity index (χ4n) is 7.70. The zero-order chi connectivity index (χ0) is 37.2. The smallest absolute Gasteiger partial charge is 0.274 e. The molecule has 5 aromatic rings. The van der Waals surface area contributed by atoms with Gasteiger partial charge in [-0.05, 0) is 75.2 Å². The minimum atomic E-state index is 0.00353. The van der Waals surface area contributed by atoms with Gasteiger partial charge in [-0.2, -0.15) is 4.98 Å². The van der Waals surface area contributed by atoms with Crippen LogP contribution >= 0.6 is 0 Å². The number of carbonyl (C=O) groups excluding carboxylic acids is 2. The lowest BCUT2D eigenvalue weighted by atomic mass is 9.95. The first-order valence-electron chi connectivity index (χ1n) is 18.8. The Bertz CT molecular complexity index is 2090. The monoisotopic (exact) mass is 717 g/mol. The summed E-state index contributed by atoms with van der Waals surface area (Å²) >= 11 is 0. The van der Waals surface area contributed by atoms with Gasteiger partial charge in [-0.3, -0.25) is 9.59 Å². The number of rotatable bonds is 12. The number of anilines is 4. The highest BCUT2D eigenvalue weighted by atomic mass is 16.5. The third-order valence-corrected chi connectivity index (χ3v) is 10.7. The van der Waals surface area contributed by atoms with Gasteiger partial charge in [-0.1, -0.05) is 32.0 Å². The average molecular weight is 718 g/mol. The highest BCUT2D eigenvalue weighted by Gasteiger charge is 2.31. The number of aryl methyl sites for hydroxylation is 2. The largest absolute Gasteiger partial charge is 0.494 e. The molecule has 12 heteroatoms. The van der Waals surface area contributed by atoms with Gasteiger partial charge in [0.15, 0.2) is 0 Å². The maximum atomic E-state index is 14.1. The van der Waals surface area contributed by atoms with E-state index in [2.05, 4.69) is 58.2 Å². The lowest BCUT2D eigenvalue weighted by molar-refractivity contribution is -0.134. The molecule has 53 heavy (non-hydrogen) atoms. The quantitative estimate of drug-likeness (QED) is 0.157. The summed E-state index contributed by atoms with van der Waals surface area (Å²) in [6.07, 6.45) is 7.26. The number of methoxy groups -OCH3 is 1. The molecule has 1 saturated heterocycles. The van der Waals surface area contributed by atoms with Crippen molar-refractivity contribution >= 4 is 45.9 Å². The van der Waals surface area contributed by atoms with Crippen LogP contribution in [0.5, 0.6) is 5.75 Å². The molecule has 0 bridgehead atoms. The lowest BCUT2D eigenvalue weighted by Crippen LogP contribution is -2.42. The Kier molecular flexibility index (Phi) is 10.4. The normalized spacial score (nSPS) is 15.0. The van der Waals surface area contributed by atoms with Gasteiger partial charge in [-0.15, -0.1) is 0 Å². The number of H-pyrrole nitrogens is 1. The third-order valence-electron chi connectivity index (χ3n) is 10.7. The van der Waals surface area contributed by atoms with Crippen molar-refractivity contribution in [1.82, 2.24) is 29.3 Å². The molecule has 7 rings (SSSR count). The molecule has 0 saturated carbocycles. The predicted molar refractivity (Wildman–Crippen MR) is 212 cm³/mol. The van der Waals surface area contributed by atoms with Gasteiger partial charge in [0.25, 0.3) is 5.91 Å². The molecule has 0 radical (unpaired) electrons. The number of nitrogens with one attached hydrogen (secondary N) is 2. The van der Waals surface area contributed by atoms with E-state index in [-0.39, 0.29) is 17.7 Å². The molecule has 0 aliphatic carbocycles. The van der Waals surface area contributed by atoms with E-state index in [9.17, 15) is 9.59 Å². The summed E-state index contributed by atoms with van der Waals surface area (Å²) in [5.41, 5.74) is 8.17. The van der Waals surface area contributed by atoms with Gasteiger partial charge >= 0.3 is 0 Å². The van der Waals surface area contributed by atoms with Crippen molar-refractivity contribution in [2.24, 2.45) is 5.92 Å². The number of piperidine rings is 1. The molecule has 12 nitrogen and oxygen atoms in total. The van der Waals surface area contributed by atoms with E-state index in [1.165, 1.54) is 11.1 Å². The highest BCUT2D eigenvalue weighted by molar-refractivity contribution is 6.08. The van der Waals surface area contributed by atoms with Gasteiger partial charge in [0, 0.05) is 87.3 Å². The second-order valence-corrected chi connectivity index (χ2v) is 14.4. The van der Waals surface area contributed by atoms with Crippen molar-refractivity contribution < 1.29 is 14.3 Å². The first-order valence-corrected chi connectivity index (χ1v) is 18.8. The molecule has 1 fully saturated rings. The minimum absolute atomic E-state index is 0.00353. The third kappa shape index (κ3) is 7.20. The molecule has 2 N–H and O–H groups in total. The van der Waals surface area contributed by atoms with Gasteiger partial charge in [-0.25, -0.2) is 4.98 Å². The van der Waals surface area contributed by atoms with Crippen molar-refractivity contribution in [3.8, 4) is 17.0 Å². The fourth-order valence-corrected chi connectivity index (χ4v) is 7.70. The molecule has 2 amide bonds. The Morgan fingerprint density at radius 2 is 1.72 bits per heavy atom. The first-order chi connectivity index (χ1) is 25.7. The number of amides is 2. The van der Waals surface area contributed by atoms with E-state index in [4.69, 9.17) is 14.7 Å². The Balaban J connectivity index is 1.10. The maximum absolute atomic E-state index is 14.1. The Morgan fingerprint density at radius 1 is 0.962 bits per heavy atom. The van der Waals surface area contributed by atoms with Crippen molar-refractivity contribution in [1.29, 1.82) is 0 Å². The first kappa shape index (κ1) is 36.0. The van der Waals surface area contributed by atoms with Crippen LogP contribution in [-0.4, -0.2) is 102 Å². The Labute approximate surface area is 311 Å². The zero-order valence-electron chi connectivity index (χ0n) is 31.8. The van der Waals surface area contributed by atoms with Crippen molar-refractivity contribution in [3.63, 3.8) is 0 Å². The number of para-hydroxylation sites is 1. The molecule has 5 heterocycles. The van der Waals surface area contributed by atoms with Crippen LogP contribution < -0.4 is 19.9 Å². The predicted octanol–water partition coefficient (Wildman–Crippen LogP) is 6.20. The number of likely N-dealkylation sites (N-methyl/N-ethyl adjacent to an activating group) is 2. The number of aromatic amines is 1. The summed E-state index contributed by atoms with van der Waals surface area (Å²) in [6, 6.07) is 16.4. The molecule has 0 spiro atoms. The zero-order valence-corrected chi connectivity index (χ0v) is 31.8. The number of aromatic nitrogens is 4. The van der Waals surface area contributed by atoms with Gasteiger partial charge in [0.05, 0.1) is 24.2 Å². The Morgan fingerprint density at radius 3 is 2.42 bits per heavy atom. The number of hydrogen-bond acceptors (Lipinski definition) is 8. The average Bonchev–Trinajstić information content (AvgIpc) is 3.84. The number of hydrogen-bond donors (Lipinski definition) is 2. The van der Waals surface area contributed by atoms with Gasteiger partial charge < -0.3 is 39.2 Å². The van der Waals surface area contributed by atoms with Crippen LogP contribution in [-0.2, 0) is 24.2 Å². The highest BCUT2D eigenvalue weighted by Crippen LogP contribution is 2.36. The number of carbonyl (C=O) groups is 2. The molecule has 3 aromatic heterocycles. The van der Waals surface area contributed by atoms with Crippen molar-refractivity contribution in [3.05, 3.63) is 77.7 Å². The number of ether oxygens (including phenoxy) is 1. The van der Waals surface area contributed by atoms with Crippen molar-refractivity contribution in [2.75, 3.05) is 76.1 Å². The summed E-state index contributed by atoms with van der Waals surface area (Å²) in [7, 11) is 7.62. The summed E-state index contributed by atoms with van der Waals surface area (Å²) in [6.45, 7) is 8.79. The van der Waals surface area contributed by atoms with E-state index < -0.39 is 0 Å². The molecule has 2 aliphatic heterocycles. The molecule has 2 aromatic carbocycles. The molecule has 2 aliphatic rings. The second kappa shape index (κ2) is 15.3. The topological polar surface area (TPSA) is 115 Å². The summed E-state index contributed by atoms with van der Waals surface area (Å²) in [5, 5.41) is 4.28. The molecular formula is C41H51N9O3. The van der Waals surface area contributed by atoms with Crippen LogP contribution in [0.15, 0.2) is 60.9 Å². The minimum Gasteiger partial charge on any atom is -0.494 e. The van der Waals surface area contributed by atoms with Crippen LogP contribution in [0.4, 0.5) is 23.0 Å². The molecule has 278 valence electrons. The lowest BCUT2D eigenvalue weighted by Gasteiger charge is -2.35. The number of benzene rings is 2. The van der Waals surface area contributed by atoms with Crippen LogP contribution in [0.2, 0.25) is 0 Å². The molecule has 0 atom stereocenters. The molecular weight excluding hydrogens is 667 g/mol. The van der Waals surface area contributed by atoms with E-state index in [1.54, 1.807) is 7.11 Å². The summed E-state index contributed by atoms with van der Waals surface area (Å²) in [5.74, 6) is 1.37. The standard InChI is InChI=1S/C41H51N9O3/c1-7-27-10-9-11-28(8-2)37(27)50-23-22-49-26-30(24-34(49)40(50)52)36-32-14-17-42-38(32)45-41(44-36)43-33-13-12-31(25-35(33)53-6)48-18-15-29(16-19-48)39(51)47(5)21-20-46(3)4/h9-14,17,24-26,29H,7-8,15-16,18-23H2,1-6H3,(H2,42,43,44,45). The maximum Gasteiger partial charge on any atom is 0.274 e. The van der Waals surface area contributed by atoms with Crippen LogP contribution in [0.1, 0.15) is 48.3 Å². The van der Waals surface area contributed by atoms with Gasteiger partial charge in [0.1, 0.15) is 17.1 Å². The summed E-state index contributed by atoms with van der Waals surface area (Å²) < 4.78 is 7.90. The SMILES string of the molecule is CCc1cccc(CC)c1N1CCn2cc(-c3nc(Nc4ccc(N5CCC(C(=O)N(C)CCN(C)C)CC5)cc4OC)nc4[nH]ccc34)cc2C1=O. The number of nitrogens with zero attached hydrogens (tertiary/aromatic N) is 7. The van der Waals surface area contributed by atoms with Gasteiger partial charge in [0.2, 0.25) is 11.9 Å². The van der Waals surface area contributed by atoms with Crippen LogP contribution in [0.3, 0.4) is 0 Å². The molecule has 0 unspecified atom stereocenters. The second-order valence-electron chi connectivity index (χ2n) is 14.4. The number of fused-ring (bicyclic) bond motifs is 2. The van der Waals surface area contributed by atoms with Crippen LogP contribution in [0.25, 0.3) is 22.3 Å². The summed E-state index contributed by atoms with van der Waals surface area (Å²) in [4.78, 5) is 48.4. The van der Waals surface area contributed by atoms with E-state index >= 15 is 0 Å². The van der Waals surface area contributed by atoms with Crippen LogP contribution in [0, 0.1) is 5.92 Å². The Hall–Kier alpha value is -5.36.